The van der Waals surface area contributed by atoms with E-state index in [2.05, 4.69) is 29.0 Å². The summed E-state index contributed by atoms with van der Waals surface area (Å²) in [5.41, 5.74) is 5.27. The van der Waals surface area contributed by atoms with Crippen LogP contribution in [-0.2, 0) is 16.1 Å². The summed E-state index contributed by atoms with van der Waals surface area (Å²) in [5.74, 6) is 0.0613. The number of anilines is 1. The molecule has 0 radical (unpaired) electrons. The summed E-state index contributed by atoms with van der Waals surface area (Å²) in [6.45, 7) is 6.17. The van der Waals surface area contributed by atoms with Gasteiger partial charge in [-0.2, -0.15) is 0 Å². The van der Waals surface area contributed by atoms with Crippen LogP contribution in [0.5, 0.6) is 0 Å². The first kappa shape index (κ1) is 15.3. The van der Waals surface area contributed by atoms with Gasteiger partial charge in [-0.3, -0.25) is 9.59 Å². The van der Waals surface area contributed by atoms with E-state index in [1.54, 1.807) is 6.20 Å². The summed E-state index contributed by atoms with van der Waals surface area (Å²) in [7, 11) is 0. The van der Waals surface area contributed by atoms with Crippen molar-refractivity contribution in [3.63, 3.8) is 0 Å². The lowest BCUT2D eigenvalue weighted by atomic mass is 10.1. The second kappa shape index (κ2) is 6.11. The van der Waals surface area contributed by atoms with E-state index in [1.165, 1.54) is 0 Å². The van der Waals surface area contributed by atoms with Crippen LogP contribution < -0.4 is 16.0 Å². The molecule has 1 saturated carbocycles. The zero-order chi connectivity index (χ0) is 15.5. The molecule has 1 aromatic heterocycles. The maximum atomic E-state index is 12.1. The lowest BCUT2D eigenvalue weighted by Crippen LogP contribution is -2.40. The molecule has 0 spiro atoms. The van der Waals surface area contributed by atoms with E-state index in [9.17, 15) is 9.59 Å². The monoisotopic (exact) mass is 290 g/mol. The van der Waals surface area contributed by atoms with E-state index in [4.69, 9.17) is 5.73 Å². The van der Waals surface area contributed by atoms with Crippen molar-refractivity contribution >= 4 is 17.6 Å². The zero-order valence-corrected chi connectivity index (χ0v) is 12.6. The molecular formula is C15H22N4O2. The van der Waals surface area contributed by atoms with Crippen molar-refractivity contribution in [2.24, 2.45) is 11.1 Å². The molecule has 1 fully saturated rings. The highest BCUT2D eigenvalue weighted by atomic mass is 16.2. The molecule has 3 N–H and O–H groups in total. The molecule has 0 unspecified atom stereocenters. The van der Waals surface area contributed by atoms with Crippen LogP contribution in [0.4, 0.5) is 5.82 Å². The number of carbonyl (C=O) groups excluding carboxylic acids is 2. The molecule has 21 heavy (non-hydrogen) atoms. The predicted octanol–water partition coefficient (Wildman–Crippen LogP) is 0.809. The predicted molar refractivity (Wildman–Crippen MR) is 80.5 cm³/mol. The third kappa shape index (κ3) is 2.99. The van der Waals surface area contributed by atoms with Crippen molar-refractivity contribution in [2.75, 3.05) is 18.0 Å². The number of hydrogen-bond donors (Lipinski definition) is 2. The first-order valence-corrected chi connectivity index (χ1v) is 7.32. The Hall–Kier alpha value is -2.11. The Balaban J connectivity index is 2.07. The Kier molecular flexibility index (Phi) is 4.45. The highest BCUT2D eigenvalue weighted by Crippen LogP contribution is 2.45. The molecule has 1 heterocycles. The lowest BCUT2D eigenvalue weighted by molar-refractivity contribution is -0.135. The summed E-state index contributed by atoms with van der Waals surface area (Å²) >= 11 is 0. The van der Waals surface area contributed by atoms with Crippen LogP contribution in [0.15, 0.2) is 18.3 Å². The van der Waals surface area contributed by atoms with Crippen LogP contribution >= 0.6 is 0 Å². The molecule has 6 nitrogen and oxygen atoms in total. The Morgan fingerprint density at radius 1 is 1.38 bits per heavy atom. The molecule has 1 aliphatic rings. The smallest absolute Gasteiger partial charge is 0.235 e. The molecule has 2 amide bonds. The minimum absolute atomic E-state index is 0.274. The second-order valence-electron chi connectivity index (χ2n) is 5.29. The third-order valence-corrected chi connectivity index (χ3v) is 4.03. The van der Waals surface area contributed by atoms with Crippen LogP contribution in [-0.4, -0.2) is 29.9 Å². The van der Waals surface area contributed by atoms with Crippen molar-refractivity contribution in [1.29, 1.82) is 0 Å². The molecule has 1 aliphatic carbocycles. The average Bonchev–Trinajstić information content (AvgIpc) is 3.29. The molecule has 114 valence electrons. The zero-order valence-electron chi connectivity index (χ0n) is 12.6. The first-order valence-electron chi connectivity index (χ1n) is 7.32. The van der Waals surface area contributed by atoms with E-state index in [0.717, 1.165) is 24.5 Å². The Morgan fingerprint density at radius 2 is 2.05 bits per heavy atom. The molecule has 0 bridgehead atoms. The number of carbonyl (C=O) groups is 2. The number of nitrogens with two attached hydrogens (primary N) is 1. The van der Waals surface area contributed by atoms with Crippen LogP contribution in [0.2, 0.25) is 0 Å². The SMILES string of the molecule is CCN(CC)c1ncccc1CNC(=O)C1(C(N)=O)CC1. The number of amides is 2. The van der Waals surface area contributed by atoms with Gasteiger partial charge < -0.3 is 16.0 Å². The van der Waals surface area contributed by atoms with Crippen molar-refractivity contribution in [1.82, 2.24) is 10.3 Å². The fourth-order valence-corrected chi connectivity index (χ4v) is 2.43. The third-order valence-electron chi connectivity index (χ3n) is 4.03. The van der Waals surface area contributed by atoms with Crippen LogP contribution in [0.1, 0.15) is 32.3 Å². The van der Waals surface area contributed by atoms with E-state index < -0.39 is 11.3 Å². The fraction of sp³-hybridized carbons (Fsp3) is 0.533. The topological polar surface area (TPSA) is 88.3 Å². The van der Waals surface area contributed by atoms with Crippen molar-refractivity contribution < 1.29 is 9.59 Å². The standard InChI is InChI=1S/C15H22N4O2/c1-3-19(4-2)12-11(6-5-9-17-12)10-18-14(21)15(7-8-15)13(16)20/h5-6,9H,3-4,7-8,10H2,1-2H3,(H2,16,20)(H,18,21). The van der Waals surface area contributed by atoms with Gasteiger partial charge in [0.2, 0.25) is 11.8 Å². The Bertz CT molecular complexity index is 536. The largest absolute Gasteiger partial charge is 0.369 e. The number of rotatable bonds is 7. The quantitative estimate of drug-likeness (QED) is 0.727. The number of primary amides is 1. The number of hydrogen-bond acceptors (Lipinski definition) is 4. The molecule has 0 aliphatic heterocycles. The second-order valence-corrected chi connectivity index (χ2v) is 5.29. The summed E-state index contributed by atoms with van der Waals surface area (Å²) in [6, 6.07) is 3.78. The van der Waals surface area contributed by atoms with Gasteiger partial charge in [-0.05, 0) is 32.8 Å². The van der Waals surface area contributed by atoms with Gasteiger partial charge in [-0.1, -0.05) is 6.07 Å². The van der Waals surface area contributed by atoms with E-state index in [0.29, 0.717) is 19.4 Å². The summed E-state index contributed by atoms with van der Waals surface area (Å²) in [6.07, 6.45) is 2.83. The first-order chi connectivity index (χ1) is 10.0. The number of pyridine rings is 1. The lowest BCUT2D eigenvalue weighted by Gasteiger charge is -2.23. The minimum atomic E-state index is -0.975. The van der Waals surface area contributed by atoms with Crippen LogP contribution in [0.3, 0.4) is 0 Å². The number of aromatic nitrogens is 1. The maximum absolute atomic E-state index is 12.1. The van der Waals surface area contributed by atoms with Gasteiger partial charge in [-0.15, -0.1) is 0 Å². The molecule has 0 atom stereocenters. The van der Waals surface area contributed by atoms with Gasteiger partial charge in [0.05, 0.1) is 0 Å². The summed E-state index contributed by atoms with van der Waals surface area (Å²) in [5, 5.41) is 2.82. The van der Waals surface area contributed by atoms with Crippen LogP contribution in [0, 0.1) is 5.41 Å². The highest BCUT2D eigenvalue weighted by molar-refractivity contribution is 6.07. The van der Waals surface area contributed by atoms with E-state index in [1.807, 2.05) is 12.1 Å². The van der Waals surface area contributed by atoms with E-state index in [-0.39, 0.29) is 5.91 Å². The molecule has 6 heteroatoms. The fourth-order valence-electron chi connectivity index (χ4n) is 2.43. The minimum Gasteiger partial charge on any atom is -0.369 e. The molecular weight excluding hydrogens is 268 g/mol. The molecule has 2 rings (SSSR count). The van der Waals surface area contributed by atoms with Gasteiger partial charge in [0.15, 0.2) is 0 Å². The normalized spacial score (nSPS) is 15.3. The van der Waals surface area contributed by atoms with Gasteiger partial charge in [0.1, 0.15) is 11.2 Å². The van der Waals surface area contributed by atoms with Gasteiger partial charge in [0.25, 0.3) is 0 Å². The molecule has 1 aromatic rings. The van der Waals surface area contributed by atoms with Crippen LogP contribution in [0.25, 0.3) is 0 Å². The summed E-state index contributed by atoms with van der Waals surface area (Å²) in [4.78, 5) is 30.0. The van der Waals surface area contributed by atoms with Gasteiger partial charge in [0, 0.05) is 31.4 Å². The molecule has 0 aromatic carbocycles. The van der Waals surface area contributed by atoms with E-state index >= 15 is 0 Å². The summed E-state index contributed by atoms with van der Waals surface area (Å²) < 4.78 is 0. The number of nitrogens with zero attached hydrogens (tertiary/aromatic N) is 2. The Labute approximate surface area is 124 Å². The number of nitrogens with one attached hydrogen (secondary N) is 1. The van der Waals surface area contributed by atoms with Crippen molar-refractivity contribution in [2.45, 2.75) is 33.2 Å². The maximum Gasteiger partial charge on any atom is 0.235 e. The highest BCUT2D eigenvalue weighted by Gasteiger charge is 2.55. The molecule has 0 saturated heterocycles. The van der Waals surface area contributed by atoms with Gasteiger partial charge >= 0.3 is 0 Å². The van der Waals surface area contributed by atoms with Crippen molar-refractivity contribution in [3.05, 3.63) is 23.9 Å². The Morgan fingerprint density at radius 3 is 2.57 bits per heavy atom. The average molecular weight is 290 g/mol. The van der Waals surface area contributed by atoms with Crippen molar-refractivity contribution in [3.8, 4) is 0 Å². The van der Waals surface area contributed by atoms with Gasteiger partial charge in [-0.25, -0.2) is 4.98 Å².